The topological polar surface area (TPSA) is 57.6 Å². The number of hydrogen-bond donors (Lipinski definition) is 1. The molecule has 1 amide bonds. The van der Waals surface area contributed by atoms with Crippen molar-refractivity contribution in [3.63, 3.8) is 0 Å². The lowest BCUT2D eigenvalue weighted by atomic mass is 9.98. The van der Waals surface area contributed by atoms with Gasteiger partial charge in [-0.25, -0.2) is 0 Å². The predicted octanol–water partition coefficient (Wildman–Crippen LogP) is 3.41. The normalized spacial score (nSPS) is 18.9. The minimum atomic E-state index is -0.865. The number of carboxylic acids is 1. The van der Waals surface area contributed by atoms with Crippen LogP contribution in [0.1, 0.15) is 36.0 Å². The summed E-state index contributed by atoms with van der Waals surface area (Å²) in [6.45, 7) is 0.610. The predicted molar refractivity (Wildman–Crippen MR) is 85.1 cm³/mol. The minimum absolute atomic E-state index is 0.00286. The van der Waals surface area contributed by atoms with Crippen LogP contribution in [0.25, 0.3) is 0 Å². The summed E-state index contributed by atoms with van der Waals surface area (Å²) in [6.07, 6.45) is 2.63. The van der Waals surface area contributed by atoms with Crippen molar-refractivity contribution in [2.75, 3.05) is 6.54 Å². The number of carbonyl (C=O) groups excluding carboxylic acids is 1. The number of carbonyl (C=O) groups is 2. The van der Waals surface area contributed by atoms with Crippen molar-refractivity contribution in [2.45, 2.75) is 31.7 Å². The molecule has 1 heterocycles. The molecule has 108 valence electrons. The Bertz CT molecular complexity index is 535. The van der Waals surface area contributed by atoms with Gasteiger partial charge in [-0.05, 0) is 60.1 Å². The summed E-state index contributed by atoms with van der Waals surface area (Å²) in [4.78, 5) is 25.3. The number of amides is 1. The molecular weight excluding hydrogens is 393 g/mol. The Morgan fingerprint density at radius 3 is 2.85 bits per heavy atom. The number of rotatable bonds is 3. The van der Waals surface area contributed by atoms with E-state index in [2.05, 4.69) is 22.6 Å². The number of hydrogen-bond acceptors (Lipinski definition) is 2. The second-order valence-electron chi connectivity index (χ2n) is 4.87. The van der Waals surface area contributed by atoms with Gasteiger partial charge in [-0.3, -0.25) is 9.59 Å². The number of likely N-dealkylation sites (tertiary alicyclic amines) is 1. The van der Waals surface area contributed by atoms with E-state index in [9.17, 15) is 9.59 Å². The van der Waals surface area contributed by atoms with Crippen molar-refractivity contribution < 1.29 is 14.7 Å². The summed E-state index contributed by atoms with van der Waals surface area (Å²) in [5.74, 6) is -0.988. The zero-order chi connectivity index (χ0) is 14.7. The third-order valence-corrected chi connectivity index (χ3v) is 4.63. The van der Waals surface area contributed by atoms with E-state index in [1.165, 1.54) is 0 Å². The average Bonchev–Trinajstić information content (AvgIpc) is 2.41. The third-order valence-electron chi connectivity index (χ3n) is 3.46. The van der Waals surface area contributed by atoms with Crippen molar-refractivity contribution in [1.82, 2.24) is 4.90 Å². The first-order chi connectivity index (χ1) is 9.49. The Kier molecular flexibility index (Phi) is 5.26. The van der Waals surface area contributed by atoms with Gasteiger partial charge in [0.15, 0.2) is 0 Å². The second kappa shape index (κ2) is 6.76. The van der Waals surface area contributed by atoms with Gasteiger partial charge in [0, 0.05) is 21.2 Å². The van der Waals surface area contributed by atoms with Crippen LogP contribution in [-0.4, -0.2) is 34.5 Å². The Hall–Kier alpha value is -0.820. The van der Waals surface area contributed by atoms with Crippen LogP contribution in [0, 0.1) is 3.57 Å². The summed E-state index contributed by atoms with van der Waals surface area (Å²) < 4.78 is 0.830. The van der Waals surface area contributed by atoms with Crippen LogP contribution in [0.2, 0.25) is 5.02 Å². The van der Waals surface area contributed by atoms with Crippen LogP contribution >= 0.6 is 34.2 Å². The molecule has 0 aromatic heterocycles. The molecule has 2 rings (SSSR count). The Balaban J connectivity index is 2.25. The zero-order valence-electron chi connectivity index (χ0n) is 10.8. The van der Waals surface area contributed by atoms with E-state index in [1.54, 1.807) is 23.1 Å². The van der Waals surface area contributed by atoms with E-state index >= 15 is 0 Å². The molecule has 20 heavy (non-hydrogen) atoms. The number of nitrogens with zero attached hydrogens (tertiary/aromatic N) is 1. The van der Waals surface area contributed by atoms with Crippen LogP contribution < -0.4 is 0 Å². The van der Waals surface area contributed by atoms with Gasteiger partial charge in [0.05, 0.1) is 12.0 Å². The fourth-order valence-corrected chi connectivity index (χ4v) is 3.24. The number of carboxylic acid groups (broad SMARTS) is 1. The molecular formula is C14H15ClINO3. The summed E-state index contributed by atoms with van der Waals surface area (Å²) in [5, 5.41) is 9.49. The van der Waals surface area contributed by atoms with E-state index in [0.29, 0.717) is 17.1 Å². The van der Waals surface area contributed by atoms with Crippen LogP contribution in [0.4, 0.5) is 0 Å². The molecule has 1 unspecified atom stereocenters. The molecule has 6 heteroatoms. The number of piperidine rings is 1. The Morgan fingerprint density at radius 2 is 2.15 bits per heavy atom. The molecule has 1 aliphatic heterocycles. The van der Waals surface area contributed by atoms with Crippen molar-refractivity contribution in [3.8, 4) is 0 Å². The number of benzene rings is 1. The van der Waals surface area contributed by atoms with E-state index in [1.807, 2.05) is 0 Å². The maximum atomic E-state index is 12.6. The van der Waals surface area contributed by atoms with Gasteiger partial charge in [0.1, 0.15) is 0 Å². The highest BCUT2D eigenvalue weighted by Gasteiger charge is 2.30. The Morgan fingerprint density at radius 1 is 1.40 bits per heavy atom. The molecule has 1 atom stereocenters. The summed E-state index contributed by atoms with van der Waals surface area (Å²) >= 11 is 8.05. The molecule has 4 nitrogen and oxygen atoms in total. The first kappa shape index (κ1) is 15.6. The van der Waals surface area contributed by atoms with Crippen LogP contribution in [0.15, 0.2) is 18.2 Å². The summed E-state index contributed by atoms with van der Waals surface area (Å²) in [5.41, 5.74) is 0.551. The van der Waals surface area contributed by atoms with E-state index < -0.39 is 5.97 Å². The highest BCUT2D eigenvalue weighted by molar-refractivity contribution is 14.1. The largest absolute Gasteiger partial charge is 0.481 e. The van der Waals surface area contributed by atoms with Crippen LogP contribution in [0.3, 0.4) is 0 Å². The van der Waals surface area contributed by atoms with Gasteiger partial charge >= 0.3 is 5.97 Å². The molecule has 1 fully saturated rings. The maximum Gasteiger partial charge on any atom is 0.305 e. The molecule has 0 aliphatic carbocycles. The van der Waals surface area contributed by atoms with Crippen LogP contribution in [0.5, 0.6) is 0 Å². The first-order valence-corrected chi connectivity index (χ1v) is 7.92. The quantitative estimate of drug-likeness (QED) is 0.781. The second-order valence-corrected chi connectivity index (χ2v) is 6.47. The maximum absolute atomic E-state index is 12.6. The average molecular weight is 408 g/mol. The lowest BCUT2D eigenvalue weighted by Gasteiger charge is -2.35. The monoisotopic (exact) mass is 407 g/mol. The minimum Gasteiger partial charge on any atom is -0.481 e. The van der Waals surface area contributed by atoms with Crippen molar-refractivity contribution >= 4 is 46.1 Å². The number of aliphatic carboxylic acids is 1. The van der Waals surface area contributed by atoms with E-state index in [4.69, 9.17) is 16.7 Å². The lowest BCUT2D eigenvalue weighted by Crippen LogP contribution is -2.45. The van der Waals surface area contributed by atoms with Gasteiger partial charge in [-0.15, -0.1) is 0 Å². The van der Waals surface area contributed by atoms with E-state index in [0.717, 1.165) is 22.8 Å². The van der Waals surface area contributed by atoms with Crippen molar-refractivity contribution in [3.05, 3.63) is 32.4 Å². The first-order valence-electron chi connectivity index (χ1n) is 6.47. The fourth-order valence-electron chi connectivity index (χ4n) is 2.50. The highest BCUT2D eigenvalue weighted by atomic mass is 127. The molecule has 1 N–H and O–H groups in total. The fraction of sp³-hybridized carbons (Fsp3) is 0.429. The highest BCUT2D eigenvalue weighted by Crippen LogP contribution is 2.25. The van der Waals surface area contributed by atoms with Gasteiger partial charge in [-0.2, -0.15) is 0 Å². The third kappa shape index (κ3) is 3.63. The Labute approximate surface area is 136 Å². The molecule has 0 radical (unpaired) electrons. The summed E-state index contributed by atoms with van der Waals surface area (Å²) in [7, 11) is 0. The van der Waals surface area contributed by atoms with Crippen molar-refractivity contribution in [2.24, 2.45) is 0 Å². The summed E-state index contributed by atoms with van der Waals surface area (Å²) in [6, 6.07) is 4.97. The molecule has 1 aromatic carbocycles. The molecule has 0 saturated carbocycles. The van der Waals surface area contributed by atoms with Gasteiger partial charge in [0.2, 0.25) is 0 Å². The van der Waals surface area contributed by atoms with E-state index in [-0.39, 0.29) is 18.4 Å². The smallest absolute Gasteiger partial charge is 0.305 e. The lowest BCUT2D eigenvalue weighted by molar-refractivity contribution is -0.138. The molecule has 1 aromatic rings. The standard InChI is InChI=1S/C14H15ClINO3/c15-9-4-5-12(16)11(7-9)14(20)17-6-2-1-3-10(17)8-13(18)19/h4-5,7,10H,1-3,6,8H2,(H,18,19). The SMILES string of the molecule is O=C(O)CC1CCCCN1C(=O)c1cc(Cl)ccc1I. The molecule has 1 aliphatic rings. The molecule has 0 bridgehead atoms. The molecule has 0 spiro atoms. The zero-order valence-corrected chi connectivity index (χ0v) is 13.7. The van der Waals surface area contributed by atoms with Crippen LogP contribution in [-0.2, 0) is 4.79 Å². The molecule has 1 saturated heterocycles. The number of halogens is 2. The van der Waals surface area contributed by atoms with Gasteiger partial charge in [0.25, 0.3) is 5.91 Å². The van der Waals surface area contributed by atoms with Gasteiger partial charge in [-0.1, -0.05) is 11.6 Å². The van der Waals surface area contributed by atoms with Gasteiger partial charge < -0.3 is 10.0 Å². The van der Waals surface area contributed by atoms with Crippen molar-refractivity contribution in [1.29, 1.82) is 0 Å².